The molecule has 0 saturated carbocycles. The molecule has 0 aliphatic carbocycles. The number of ether oxygens (including phenoxy) is 2. The zero-order chi connectivity index (χ0) is 18.1. The zero-order valence-corrected chi connectivity index (χ0v) is 15.6. The van der Waals surface area contributed by atoms with Crippen molar-refractivity contribution >= 4 is 17.7 Å². The number of aromatic nitrogens is 2. The molecule has 8 heteroatoms. The number of likely N-dealkylation sites (tertiary alicyclic amines) is 1. The lowest BCUT2D eigenvalue weighted by atomic mass is 9.98. The fourth-order valence-corrected chi connectivity index (χ4v) is 4.16. The predicted octanol–water partition coefficient (Wildman–Crippen LogP) is 3.35. The number of rotatable bonds is 4. The molecule has 2 aliphatic heterocycles. The normalized spacial score (nSPS) is 21.8. The topological polar surface area (TPSA) is 77.7 Å². The summed E-state index contributed by atoms with van der Waals surface area (Å²) in [6, 6.07) is 6.05. The van der Waals surface area contributed by atoms with Crippen LogP contribution in [0.2, 0.25) is 0 Å². The van der Waals surface area contributed by atoms with Crippen molar-refractivity contribution in [1.29, 1.82) is 0 Å². The summed E-state index contributed by atoms with van der Waals surface area (Å²) in [6.45, 7) is 4.45. The van der Waals surface area contributed by atoms with Crippen LogP contribution in [-0.2, 0) is 4.79 Å². The number of carbonyl (C=O) groups is 1. The minimum Gasteiger partial charge on any atom is -0.454 e. The fourth-order valence-electron chi connectivity index (χ4n) is 3.53. The molecule has 0 spiro atoms. The second-order valence-electron chi connectivity index (χ2n) is 6.66. The van der Waals surface area contributed by atoms with Gasteiger partial charge in [-0.1, -0.05) is 11.8 Å². The summed E-state index contributed by atoms with van der Waals surface area (Å²) in [6.07, 6.45) is 3.31. The Morgan fingerprint density at radius 1 is 1.19 bits per heavy atom. The molecule has 2 atom stereocenters. The Morgan fingerprint density at radius 2 is 1.96 bits per heavy atom. The maximum absolute atomic E-state index is 12.6. The van der Waals surface area contributed by atoms with Crippen molar-refractivity contribution in [2.75, 3.05) is 12.5 Å². The van der Waals surface area contributed by atoms with Crippen molar-refractivity contribution < 1.29 is 18.7 Å². The average Bonchev–Trinajstić information content (AvgIpc) is 3.28. The van der Waals surface area contributed by atoms with Gasteiger partial charge in [0.15, 0.2) is 11.5 Å². The third-order valence-electron chi connectivity index (χ3n) is 4.83. The summed E-state index contributed by atoms with van der Waals surface area (Å²) in [4.78, 5) is 14.6. The largest absolute Gasteiger partial charge is 0.454 e. The number of piperidine rings is 1. The van der Waals surface area contributed by atoms with Gasteiger partial charge >= 0.3 is 0 Å². The van der Waals surface area contributed by atoms with Crippen LogP contribution in [0.15, 0.2) is 27.8 Å². The van der Waals surface area contributed by atoms with Crippen LogP contribution in [0.4, 0.5) is 0 Å². The van der Waals surface area contributed by atoms with Crippen LogP contribution >= 0.6 is 11.8 Å². The molecule has 0 unspecified atom stereocenters. The van der Waals surface area contributed by atoms with Crippen LogP contribution in [0.5, 0.6) is 11.5 Å². The van der Waals surface area contributed by atoms with Gasteiger partial charge in [-0.3, -0.25) is 4.79 Å². The molecular formula is C18H21N3O4S. The Bertz CT molecular complexity index is 799. The van der Waals surface area contributed by atoms with Crippen molar-refractivity contribution in [1.82, 2.24) is 15.1 Å². The van der Waals surface area contributed by atoms with Crippen LogP contribution in [0.25, 0.3) is 11.5 Å². The average molecular weight is 375 g/mol. The number of fused-ring (bicyclic) bond motifs is 1. The van der Waals surface area contributed by atoms with Crippen molar-refractivity contribution in [2.24, 2.45) is 0 Å². The van der Waals surface area contributed by atoms with Crippen LogP contribution in [-0.4, -0.2) is 45.6 Å². The summed E-state index contributed by atoms with van der Waals surface area (Å²) in [5.41, 5.74) is 0.762. The second-order valence-corrected chi connectivity index (χ2v) is 7.59. The van der Waals surface area contributed by atoms with Gasteiger partial charge in [-0.25, -0.2) is 0 Å². The van der Waals surface area contributed by atoms with Gasteiger partial charge in [-0.15, -0.1) is 10.2 Å². The number of hydrogen-bond acceptors (Lipinski definition) is 7. The molecule has 1 saturated heterocycles. The molecule has 1 amide bonds. The molecule has 1 aromatic carbocycles. The highest BCUT2D eigenvalue weighted by atomic mass is 32.2. The predicted molar refractivity (Wildman–Crippen MR) is 96.2 cm³/mol. The third-order valence-corrected chi connectivity index (χ3v) is 5.63. The SMILES string of the molecule is C[C@@H]1CCC[C@H](C)N1C(=O)CSc1nnc(-c2ccc3c(c2)OCO3)o1. The van der Waals surface area contributed by atoms with Gasteiger partial charge < -0.3 is 18.8 Å². The first kappa shape index (κ1) is 17.2. The molecule has 138 valence electrons. The van der Waals surface area contributed by atoms with E-state index in [9.17, 15) is 4.79 Å². The number of amides is 1. The van der Waals surface area contributed by atoms with Gasteiger partial charge in [0.1, 0.15) is 0 Å². The standard InChI is InChI=1S/C18H21N3O4S/c1-11-4-3-5-12(2)21(11)16(22)9-26-18-20-19-17(25-18)13-6-7-14-15(8-13)24-10-23-14/h6-8,11-12H,3-5,9-10H2,1-2H3/t11-,12+. The lowest BCUT2D eigenvalue weighted by Gasteiger charge is -2.39. The highest BCUT2D eigenvalue weighted by molar-refractivity contribution is 7.99. The van der Waals surface area contributed by atoms with Gasteiger partial charge in [-0.05, 0) is 51.3 Å². The maximum atomic E-state index is 12.6. The Kier molecular flexibility index (Phi) is 4.76. The Labute approximate surface area is 156 Å². The van der Waals surface area contributed by atoms with Crippen LogP contribution < -0.4 is 9.47 Å². The summed E-state index contributed by atoms with van der Waals surface area (Å²) < 4.78 is 16.4. The minimum atomic E-state index is 0.123. The first-order chi connectivity index (χ1) is 12.6. The number of hydrogen-bond donors (Lipinski definition) is 0. The van der Waals surface area contributed by atoms with E-state index in [1.165, 1.54) is 18.2 Å². The number of thioether (sulfide) groups is 1. The summed E-state index contributed by atoms with van der Waals surface area (Å²) in [5, 5.41) is 8.51. The Hall–Kier alpha value is -2.22. The monoisotopic (exact) mass is 375 g/mol. The van der Waals surface area contributed by atoms with E-state index >= 15 is 0 Å². The van der Waals surface area contributed by atoms with E-state index in [0.717, 1.165) is 18.4 Å². The lowest BCUT2D eigenvalue weighted by molar-refractivity contribution is -0.134. The lowest BCUT2D eigenvalue weighted by Crippen LogP contribution is -2.48. The van der Waals surface area contributed by atoms with Gasteiger partial charge in [0.2, 0.25) is 18.6 Å². The van der Waals surface area contributed by atoms with Crippen LogP contribution in [0.3, 0.4) is 0 Å². The molecule has 4 rings (SSSR count). The molecule has 2 aliphatic rings. The van der Waals surface area contributed by atoms with E-state index in [4.69, 9.17) is 13.9 Å². The van der Waals surface area contributed by atoms with E-state index in [1.54, 1.807) is 0 Å². The van der Waals surface area contributed by atoms with Crippen LogP contribution in [0, 0.1) is 0 Å². The van der Waals surface area contributed by atoms with E-state index in [0.29, 0.717) is 40.4 Å². The molecule has 0 radical (unpaired) electrons. The van der Waals surface area contributed by atoms with Gasteiger partial charge in [-0.2, -0.15) is 0 Å². The van der Waals surface area contributed by atoms with Crippen molar-refractivity contribution in [3.63, 3.8) is 0 Å². The van der Waals surface area contributed by atoms with Gasteiger partial charge in [0.05, 0.1) is 5.75 Å². The quantitative estimate of drug-likeness (QED) is 0.758. The molecule has 7 nitrogen and oxygen atoms in total. The highest BCUT2D eigenvalue weighted by Gasteiger charge is 2.29. The molecule has 3 heterocycles. The molecule has 1 fully saturated rings. The highest BCUT2D eigenvalue weighted by Crippen LogP contribution is 2.36. The Morgan fingerprint density at radius 3 is 2.77 bits per heavy atom. The first-order valence-electron chi connectivity index (χ1n) is 8.79. The third kappa shape index (κ3) is 3.38. The first-order valence-corrected chi connectivity index (χ1v) is 9.78. The summed E-state index contributed by atoms with van der Waals surface area (Å²) in [5.74, 6) is 2.20. The molecule has 2 aromatic rings. The van der Waals surface area contributed by atoms with Crippen molar-refractivity contribution in [3.8, 4) is 23.0 Å². The molecular weight excluding hydrogens is 354 g/mol. The Balaban J connectivity index is 1.40. The van der Waals surface area contributed by atoms with Gasteiger partial charge in [0.25, 0.3) is 5.22 Å². The van der Waals surface area contributed by atoms with E-state index < -0.39 is 0 Å². The van der Waals surface area contributed by atoms with E-state index in [-0.39, 0.29) is 12.7 Å². The number of nitrogens with zero attached hydrogens (tertiary/aromatic N) is 3. The second kappa shape index (κ2) is 7.19. The summed E-state index contributed by atoms with van der Waals surface area (Å²) >= 11 is 1.28. The number of carbonyl (C=O) groups excluding carboxylic acids is 1. The van der Waals surface area contributed by atoms with Gasteiger partial charge in [0, 0.05) is 17.6 Å². The molecule has 26 heavy (non-hydrogen) atoms. The fraction of sp³-hybridized carbons (Fsp3) is 0.500. The molecule has 0 N–H and O–H groups in total. The minimum absolute atomic E-state index is 0.123. The van der Waals surface area contributed by atoms with Crippen LogP contribution in [0.1, 0.15) is 33.1 Å². The molecule has 1 aromatic heterocycles. The van der Waals surface area contributed by atoms with E-state index in [2.05, 4.69) is 24.0 Å². The number of benzene rings is 1. The smallest absolute Gasteiger partial charge is 0.277 e. The maximum Gasteiger partial charge on any atom is 0.277 e. The van der Waals surface area contributed by atoms with Crippen molar-refractivity contribution in [2.45, 2.75) is 50.4 Å². The zero-order valence-electron chi connectivity index (χ0n) is 14.8. The molecule has 0 bridgehead atoms. The van der Waals surface area contributed by atoms with E-state index in [1.807, 2.05) is 23.1 Å². The summed E-state index contributed by atoms with van der Waals surface area (Å²) in [7, 11) is 0. The van der Waals surface area contributed by atoms with Crippen molar-refractivity contribution in [3.05, 3.63) is 18.2 Å².